The smallest absolute Gasteiger partial charge is 0.259 e. The summed E-state index contributed by atoms with van der Waals surface area (Å²) in [6, 6.07) is 13.9. The van der Waals surface area contributed by atoms with E-state index in [-0.39, 0.29) is 30.2 Å². The van der Waals surface area contributed by atoms with Crippen molar-refractivity contribution < 1.29 is 19.1 Å². The molecular weight excluding hydrogens is 456 g/mol. The summed E-state index contributed by atoms with van der Waals surface area (Å²) in [6.07, 6.45) is 3.62. The molecule has 0 bridgehead atoms. The molecule has 4 heterocycles. The lowest BCUT2D eigenvalue weighted by atomic mass is 9.84. The average Bonchev–Trinajstić information content (AvgIpc) is 3.49. The molecule has 3 aromatic rings. The quantitative estimate of drug-likeness (QED) is 0.600. The van der Waals surface area contributed by atoms with Crippen LogP contribution < -0.4 is 10.1 Å². The van der Waals surface area contributed by atoms with E-state index in [1.165, 1.54) is 11.8 Å². The van der Waals surface area contributed by atoms with Gasteiger partial charge in [-0.25, -0.2) is 0 Å². The van der Waals surface area contributed by atoms with Crippen LogP contribution in [0.25, 0.3) is 10.9 Å². The van der Waals surface area contributed by atoms with Gasteiger partial charge in [0.25, 0.3) is 5.91 Å². The molecule has 0 spiro atoms. The molecule has 0 saturated carbocycles. The Morgan fingerprint density at radius 2 is 1.94 bits per heavy atom. The molecule has 6 rings (SSSR count). The van der Waals surface area contributed by atoms with Crippen molar-refractivity contribution in [3.05, 3.63) is 71.1 Å². The molecule has 2 aromatic carbocycles. The molecule has 1 N–H and O–H groups in total. The number of nitrogens with zero attached hydrogens (tertiary/aromatic N) is 3. The van der Waals surface area contributed by atoms with Gasteiger partial charge in [-0.05, 0) is 41.8 Å². The minimum atomic E-state index is -0.326. The number of hydrogen-bond acceptors (Lipinski definition) is 5. The lowest BCUT2D eigenvalue weighted by Crippen LogP contribution is -2.33. The Balaban J connectivity index is 1.35. The third-order valence-corrected chi connectivity index (χ3v) is 7.44. The molecule has 1 saturated heterocycles. The molecule has 0 aliphatic carbocycles. The number of carbonyl (C=O) groups excluding carboxylic acids is 3. The highest BCUT2D eigenvalue weighted by atomic mass is 16.5. The Labute approximate surface area is 209 Å². The molecule has 184 valence electrons. The largest absolute Gasteiger partial charge is 0.492 e. The van der Waals surface area contributed by atoms with Crippen LogP contribution in [0.3, 0.4) is 0 Å². The summed E-state index contributed by atoms with van der Waals surface area (Å²) in [5, 5.41) is 4.56. The lowest BCUT2D eigenvalue weighted by Gasteiger charge is -2.20. The lowest BCUT2D eigenvalue weighted by molar-refractivity contribution is -0.139. The second-order valence-corrected chi connectivity index (χ2v) is 9.66. The average molecular weight is 485 g/mol. The van der Waals surface area contributed by atoms with Crippen molar-refractivity contribution in [2.24, 2.45) is 7.05 Å². The van der Waals surface area contributed by atoms with Crippen LogP contribution in [0.2, 0.25) is 0 Å². The molecule has 8 heteroatoms. The highest BCUT2D eigenvalue weighted by Crippen LogP contribution is 2.46. The van der Waals surface area contributed by atoms with Crippen molar-refractivity contribution in [1.82, 2.24) is 14.4 Å². The van der Waals surface area contributed by atoms with Gasteiger partial charge in [0.2, 0.25) is 11.8 Å². The normalized spacial score (nSPS) is 19.1. The van der Waals surface area contributed by atoms with Crippen LogP contribution in [0.1, 0.15) is 36.8 Å². The van der Waals surface area contributed by atoms with E-state index in [4.69, 9.17) is 4.74 Å². The number of benzene rings is 2. The Hall–Kier alpha value is -4.07. The monoisotopic (exact) mass is 484 g/mol. The first-order valence-corrected chi connectivity index (χ1v) is 12.3. The van der Waals surface area contributed by atoms with Crippen molar-refractivity contribution in [2.75, 3.05) is 31.6 Å². The van der Waals surface area contributed by atoms with Crippen molar-refractivity contribution >= 4 is 34.3 Å². The highest BCUT2D eigenvalue weighted by Gasteiger charge is 2.41. The van der Waals surface area contributed by atoms with Gasteiger partial charge in [0.1, 0.15) is 12.4 Å². The summed E-state index contributed by atoms with van der Waals surface area (Å²) < 4.78 is 7.99. The first-order valence-electron chi connectivity index (χ1n) is 12.3. The summed E-state index contributed by atoms with van der Waals surface area (Å²) >= 11 is 0. The van der Waals surface area contributed by atoms with E-state index in [0.717, 1.165) is 46.4 Å². The van der Waals surface area contributed by atoms with Crippen LogP contribution in [0.15, 0.2) is 59.9 Å². The third-order valence-electron chi connectivity index (χ3n) is 7.44. The van der Waals surface area contributed by atoms with Gasteiger partial charge >= 0.3 is 0 Å². The Morgan fingerprint density at radius 1 is 1.14 bits per heavy atom. The predicted molar refractivity (Wildman–Crippen MR) is 136 cm³/mol. The topological polar surface area (TPSA) is 83.9 Å². The first kappa shape index (κ1) is 22.4. The molecular formula is C28H28N4O4. The van der Waals surface area contributed by atoms with E-state index in [2.05, 4.69) is 22.1 Å². The second kappa shape index (κ2) is 8.55. The number of rotatable bonds is 5. The van der Waals surface area contributed by atoms with Crippen LogP contribution in [0.5, 0.6) is 5.75 Å². The van der Waals surface area contributed by atoms with Crippen molar-refractivity contribution in [2.45, 2.75) is 25.7 Å². The Morgan fingerprint density at radius 3 is 2.67 bits per heavy atom. The number of anilines is 1. The van der Waals surface area contributed by atoms with Gasteiger partial charge in [0.05, 0.1) is 24.2 Å². The second-order valence-electron chi connectivity index (χ2n) is 9.66. The number of carbonyl (C=O) groups is 3. The fourth-order valence-electron chi connectivity index (χ4n) is 5.69. The summed E-state index contributed by atoms with van der Waals surface area (Å²) in [5.74, 6) is 0.0621. The zero-order valence-electron chi connectivity index (χ0n) is 20.4. The van der Waals surface area contributed by atoms with Crippen LogP contribution in [0.4, 0.5) is 5.69 Å². The Kier molecular flexibility index (Phi) is 5.32. The van der Waals surface area contributed by atoms with Gasteiger partial charge in [-0.3, -0.25) is 19.3 Å². The summed E-state index contributed by atoms with van der Waals surface area (Å²) in [6.45, 7) is 3.48. The van der Waals surface area contributed by atoms with Gasteiger partial charge in [-0.1, -0.05) is 18.2 Å². The third kappa shape index (κ3) is 3.56. The summed E-state index contributed by atoms with van der Waals surface area (Å²) in [4.78, 5) is 40.7. The number of aryl methyl sites for hydroxylation is 1. The number of ether oxygens (including phenoxy) is 1. The SMILES string of the molecule is CC(=O)N1CC2=C(C1=O)C(c1ccc(OCCN3CCCC3=O)cc1)c1cn(C)c3cccc(c13)N2. The number of likely N-dealkylation sites (tertiary alicyclic amines) is 1. The van der Waals surface area contributed by atoms with E-state index in [0.29, 0.717) is 30.9 Å². The first-order chi connectivity index (χ1) is 17.4. The van der Waals surface area contributed by atoms with E-state index < -0.39 is 0 Å². The number of aromatic nitrogens is 1. The molecule has 3 aliphatic heterocycles. The van der Waals surface area contributed by atoms with Crippen LogP contribution in [0, 0.1) is 0 Å². The van der Waals surface area contributed by atoms with Crippen LogP contribution >= 0.6 is 0 Å². The number of imide groups is 1. The van der Waals surface area contributed by atoms with Crippen molar-refractivity contribution in [3.63, 3.8) is 0 Å². The zero-order chi connectivity index (χ0) is 25.0. The molecule has 8 nitrogen and oxygen atoms in total. The number of nitrogens with one attached hydrogen (secondary N) is 1. The van der Waals surface area contributed by atoms with Gasteiger partial charge in [-0.15, -0.1) is 0 Å². The Bertz CT molecular complexity index is 1440. The maximum absolute atomic E-state index is 13.5. The molecule has 0 radical (unpaired) electrons. The molecule has 3 aliphatic rings. The van der Waals surface area contributed by atoms with E-state index in [9.17, 15) is 14.4 Å². The maximum Gasteiger partial charge on any atom is 0.259 e. The molecule has 1 aromatic heterocycles. The van der Waals surface area contributed by atoms with E-state index in [1.807, 2.05) is 48.3 Å². The maximum atomic E-state index is 13.5. The van der Waals surface area contributed by atoms with E-state index >= 15 is 0 Å². The molecule has 1 atom stereocenters. The van der Waals surface area contributed by atoms with Crippen LogP contribution in [-0.4, -0.2) is 58.3 Å². The van der Waals surface area contributed by atoms with Gasteiger partial charge in [0.15, 0.2) is 0 Å². The van der Waals surface area contributed by atoms with Gasteiger partial charge in [0, 0.05) is 55.8 Å². The predicted octanol–water partition coefficient (Wildman–Crippen LogP) is 3.38. The highest BCUT2D eigenvalue weighted by molar-refractivity contribution is 6.11. The molecule has 36 heavy (non-hydrogen) atoms. The standard InChI is InChI=1S/C28H28N4O4/c1-17(33)32-16-22-27(28(32)35)25(20-15-30(2)23-6-3-5-21(29-22)26(20)23)18-8-10-19(11-9-18)36-14-13-31-12-4-7-24(31)34/h3,5-6,8-11,15,25,29H,4,7,12-14,16H2,1-2H3. The van der Waals surface area contributed by atoms with Gasteiger partial charge in [-0.2, -0.15) is 0 Å². The zero-order valence-corrected chi connectivity index (χ0v) is 20.4. The summed E-state index contributed by atoms with van der Waals surface area (Å²) in [7, 11) is 2.00. The van der Waals surface area contributed by atoms with E-state index in [1.54, 1.807) is 0 Å². The van der Waals surface area contributed by atoms with Gasteiger partial charge < -0.3 is 19.5 Å². The molecule has 1 fully saturated rings. The number of amides is 3. The fraction of sp³-hybridized carbons (Fsp3) is 0.321. The fourth-order valence-corrected chi connectivity index (χ4v) is 5.69. The minimum absolute atomic E-state index is 0.190. The van der Waals surface area contributed by atoms with Crippen molar-refractivity contribution in [3.8, 4) is 5.75 Å². The molecule has 3 amide bonds. The molecule has 1 unspecified atom stereocenters. The van der Waals surface area contributed by atoms with Crippen molar-refractivity contribution in [1.29, 1.82) is 0 Å². The number of hydrogen-bond donors (Lipinski definition) is 1. The van der Waals surface area contributed by atoms with Crippen LogP contribution in [-0.2, 0) is 21.4 Å². The minimum Gasteiger partial charge on any atom is -0.492 e. The summed E-state index contributed by atoms with van der Waals surface area (Å²) in [5.41, 5.74) is 5.37.